The average molecular weight is 274 g/mol. The van der Waals surface area contributed by atoms with Crippen molar-refractivity contribution in [1.29, 1.82) is 0 Å². The smallest absolute Gasteiger partial charge is 0.279 e. The van der Waals surface area contributed by atoms with Crippen molar-refractivity contribution in [1.82, 2.24) is 14.2 Å². The lowest BCUT2D eigenvalue weighted by molar-refractivity contribution is 0.268. The summed E-state index contributed by atoms with van der Waals surface area (Å²) in [6.07, 6.45) is 3.26. The monoisotopic (exact) mass is 274 g/mol. The van der Waals surface area contributed by atoms with Crippen molar-refractivity contribution in [3.8, 4) is 0 Å². The Hall–Kier alpha value is -0.960. The molecule has 8 heteroatoms. The van der Waals surface area contributed by atoms with Gasteiger partial charge in [0.05, 0.1) is 12.2 Å². The van der Waals surface area contributed by atoms with E-state index in [1.165, 1.54) is 10.6 Å². The van der Waals surface area contributed by atoms with Gasteiger partial charge >= 0.3 is 0 Å². The van der Waals surface area contributed by atoms with Gasteiger partial charge in [0.2, 0.25) is 0 Å². The summed E-state index contributed by atoms with van der Waals surface area (Å²) >= 11 is 0. The highest BCUT2D eigenvalue weighted by molar-refractivity contribution is 7.87. The van der Waals surface area contributed by atoms with Crippen LogP contribution in [0.3, 0.4) is 0 Å². The van der Waals surface area contributed by atoms with Crippen LogP contribution in [-0.2, 0) is 16.8 Å². The van der Waals surface area contributed by atoms with Gasteiger partial charge in [-0.3, -0.25) is 0 Å². The number of rotatable bonds is 5. The van der Waals surface area contributed by atoms with Crippen LogP contribution in [0.15, 0.2) is 16.9 Å². The molecule has 1 unspecified atom stereocenters. The Morgan fingerprint density at radius 1 is 1.61 bits per heavy atom. The van der Waals surface area contributed by atoms with Gasteiger partial charge in [0.1, 0.15) is 6.26 Å². The Kier molecular flexibility index (Phi) is 4.33. The Labute approximate surface area is 106 Å². The van der Waals surface area contributed by atoms with E-state index in [0.717, 1.165) is 12.8 Å². The second-order valence-corrected chi connectivity index (χ2v) is 6.17. The van der Waals surface area contributed by atoms with E-state index in [4.69, 9.17) is 5.73 Å². The standard InChI is InChI=1S/C10H18N4O3S/c11-6-9-2-1-4-14(8-9)18(15,16)12-7-10-3-5-17-13-10/h3,5,9,12H,1-2,4,6-8,11H2. The second-order valence-electron chi connectivity index (χ2n) is 4.42. The quantitative estimate of drug-likeness (QED) is 0.766. The number of nitrogens with two attached hydrogens (primary N) is 1. The molecule has 1 saturated heterocycles. The third-order valence-electron chi connectivity index (χ3n) is 3.08. The molecule has 1 aromatic rings. The van der Waals surface area contributed by atoms with E-state index < -0.39 is 10.2 Å². The maximum Gasteiger partial charge on any atom is 0.279 e. The first-order valence-corrected chi connectivity index (χ1v) is 7.40. The zero-order chi connectivity index (χ0) is 13.0. The van der Waals surface area contributed by atoms with Crippen LogP contribution in [0.1, 0.15) is 18.5 Å². The molecule has 3 N–H and O–H groups in total. The highest BCUT2D eigenvalue weighted by Gasteiger charge is 2.27. The molecule has 102 valence electrons. The van der Waals surface area contributed by atoms with E-state index in [1.54, 1.807) is 6.07 Å². The van der Waals surface area contributed by atoms with Gasteiger partial charge < -0.3 is 10.3 Å². The van der Waals surface area contributed by atoms with Crippen molar-refractivity contribution in [2.24, 2.45) is 11.7 Å². The first kappa shape index (κ1) is 13.5. The van der Waals surface area contributed by atoms with E-state index in [-0.39, 0.29) is 12.5 Å². The number of piperidine rings is 1. The molecule has 0 spiro atoms. The SMILES string of the molecule is NCC1CCCN(S(=O)(=O)NCc2ccon2)C1. The molecule has 2 heterocycles. The van der Waals surface area contributed by atoms with Crippen LogP contribution in [-0.4, -0.2) is 37.5 Å². The van der Waals surface area contributed by atoms with Crippen molar-refractivity contribution in [2.45, 2.75) is 19.4 Å². The molecule has 1 aromatic heterocycles. The van der Waals surface area contributed by atoms with Gasteiger partial charge in [0.25, 0.3) is 10.2 Å². The van der Waals surface area contributed by atoms with Gasteiger partial charge in [0.15, 0.2) is 0 Å². The van der Waals surface area contributed by atoms with Gasteiger partial charge in [-0.2, -0.15) is 17.4 Å². The lowest BCUT2D eigenvalue weighted by Crippen LogP contribution is -2.47. The van der Waals surface area contributed by atoms with E-state index >= 15 is 0 Å². The summed E-state index contributed by atoms with van der Waals surface area (Å²) in [5, 5.41) is 3.66. The number of hydrogen-bond acceptors (Lipinski definition) is 5. The molecular formula is C10H18N4O3S. The van der Waals surface area contributed by atoms with Crippen LogP contribution < -0.4 is 10.5 Å². The molecule has 1 aliphatic heterocycles. The van der Waals surface area contributed by atoms with Crippen LogP contribution in [0, 0.1) is 5.92 Å². The van der Waals surface area contributed by atoms with Crippen LogP contribution in [0.4, 0.5) is 0 Å². The lowest BCUT2D eigenvalue weighted by atomic mass is 10.0. The number of aromatic nitrogens is 1. The Morgan fingerprint density at radius 2 is 2.44 bits per heavy atom. The van der Waals surface area contributed by atoms with Gasteiger partial charge in [-0.25, -0.2) is 0 Å². The molecule has 2 rings (SSSR count). The third kappa shape index (κ3) is 3.29. The van der Waals surface area contributed by atoms with E-state index in [1.807, 2.05) is 0 Å². The molecule has 0 amide bonds. The van der Waals surface area contributed by atoms with Gasteiger partial charge in [-0.05, 0) is 25.3 Å². The van der Waals surface area contributed by atoms with Crippen molar-refractivity contribution in [3.63, 3.8) is 0 Å². The zero-order valence-corrected chi connectivity index (χ0v) is 10.9. The summed E-state index contributed by atoms with van der Waals surface area (Å²) in [6.45, 7) is 1.70. The summed E-state index contributed by atoms with van der Waals surface area (Å²) in [7, 11) is -3.46. The number of nitrogens with zero attached hydrogens (tertiary/aromatic N) is 2. The predicted octanol–water partition coefficient (Wildman–Crippen LogP) is -0.320. The molecule has 1 fully saturated rings. The first-order valence-electron chi connectivity index (χ1n) is 5.96. The summed E-state index contributed by atoms with van der Waals surface area (Å²) < 4.78 is 32.7. The van der Waals surface area contributed by atoms with Crippen LogP contribution in [0.25, 0.3) is 0 Å². The highest BCUT2D eigenvalue weighted by atomic mass is 32.2. The topological polar surface area (TPSA) is 101 Å². The van der Waals surface area contributed by atoms with E-state index in [0.29, 0.717) is 25.3 Å². The predicted molar refractivity (Wildman–Crippen MR) is 65.6 cm³/mol. The van der Waals surface area contributed by atoms with Crippen molar-refractivity contribution in [3.05, 3.63) is 18.0 Å². The Bertz CT molecular complexity index is 459. The Balaban J connectivity index is 1.93. The summed E-state index contributed by atoms with van der Waals surface area (Å²) in [5.74, 6) is 0.252. The minimum atomic E-state index is -3.46. The summed E-state index contributed by atoms with van der Waals surface area (Å²) in [5.41, 5.74) is 6.16. The van der Waals surface area contributed by atoms with Crippen molar-refractivity contribution >= 4 is 10.2 Å². The van der Waals surface area contributed by atoms with Crippen LogP contribution >= 0.6 is 0 Å². The minimum Gasteiger partial charge on any atom is -0.364 e. The summed E-state index contributed by atoms with van der Waals surface area (Å²) in [4.78, 5) is 0. The number of hydrogen-bond donors (Lipinski definition) is 2. The largest absolute Gasteiger partial charge is 0.364 e. The maximum absolute atomic E-state index is 12.1. The minimum absolute atomic E-state index is 0.141. The fourth-order valence-corrected chi connectivity index (χ4v) is 3.31. The normalized spacial score (nSPS) is 22.2. The van der Waals surface area contributed by atoms with Gasteiger partial charge in [-0.15, -0.1) is 0 Å². The molecule has 1 aliphatic rings. The molecule has 0 aliphatic carbocycles. The Morgan fingerprint density at radius 3 is 3.11 bits per heavy atom. The molecule has 0 bridgehead atoms. The zero-order valence-electron chi connectivity index (χ0n) is 10.1. The third-order valence-corrected chi connectivity index (χ3v) is 4.60. The van der Waals surface area contributed by atoms with Crippen molar-refractivity contribution < 1.29 is 12.9 Å². The van der Waals surface area contributed by atoms with E-state index in [2.05, 4.69) is 14.4 Å². The molecule has 18 heavy (non-hydrogen) atoms. The fourth-order valence-electron chi connectivity index (χ4n) is 2.02. The van der Waals surface area contributed by atoms with Gasteiger partial charge in [0, 0.05) is 19.2 Å². The maximum atomic E-state index is 12.1. The highest BCUT2D eigenvalue weighted by Crippen LogP contribution is 2.17. The summed E-state index contributed by atoms with van der Waals surface area (Å²) in [6, 6.07) is 1.63. The van der Waals surface area contributed by atoms with Crippen molar-refractivity contribution in [2.75, 3.05) is 19.6 Å². The average Bonchev–Trinajstić information content (AvgIpc) is 2.90. The van der Waals surface area contributed by atoms with Gasteiger partial charge in [-0.1, -0.05) is 5.16 Å². The molecular weight excluding hydrogens is 256 g/mol. The molecule has 0 saturated carbocycles. The lowest BCUT2D eigenvalue weighted by Gasteiger charge is -2.31. The molecule has 0 radical (unpaired) electrons. The van der Waals surface area contributed by atoms with Crippen LogP contribution in [0.2, 0.25) is 0 Å². The fraction of sp³-hybridized carbons (Fsp3) is 0.700. The molecule has 1 atom stereocenters. The molecule has 7 nitrogen and oxygen atoms in total. The van der Waals surface area contributed by atoms with E-state index in [9.17, 15) is 8.42 Å². The van der Waals surface area contributed by atoms with Crippen LogP contribution in [0.5, 0.6) is 0 Å². The first-order chi connectivity index (χ1) is 8.62. The second kappa shape index (κ2) is 5.79. The number of nitrogens with one attached hydrogen (secondary N) is 1. The molecule has 0 aromatic carbocycles.